The maximum absolute atomic E-state index is 13.0. The minimum atomic E-state index is 0.0310. The van der Waals surface area contributed by atoms with E-state index in [2.05, 4.69) is 0 Å². The Morgan fingerprint density at radius 2 is 1.37 bits per heavy atom. The van der Waals surface area contributed by atoms with Crippen LogP contribution in [0.15, 0.2) is 84.9 Å². The smallest absolute Gasteiger partial charge is 0.254 e. The highest BCUT2D eigenvalue weighted by Gasteiger charge is 2.19. The predicted octanol–water partition coefficient (Wildman–Crippen LogP) is 5.32. The maximum atomic E-state index is 13.0. The largest absolute Gasteiger partial charge is 0.489 e. The second-order valence-electron chi connectivity index (χ2n) is 6.81. The van der Waals surface area contributed by atoms with Crippen molar-refractivity contribution >= 4 is 5.91 Å². The molecule has 27 heavy (non-hydrogen) atoms. The molecule has 138 valence electrons. The van der Waals surface area contributed by atoms with Crippen molar-refractivity contribution in [2.75, 3.05) is 0 Å². The third kappa shape index (κ3) is 5.20. The van der Waals surface area contributed by atoms with Crippen LogP contribution in [0.25, 0.3) is 0 Å². The van der Waals surface area contributed by atoms with Gasteiger partial charge in [-0.1, -0.05) is 60.7 Å². The summed E-state index contributed by atoms with van der Waals surface area (Å²) in [7, 11) is 0. The standard InChI is InChI=1S/C24H25NO2/c1-19(2)25(17-20-9-5-3-6-10-20)24(26)22-13-15-23(16-14-22)27-18-21-11-7-4-8-12-21/h3-16,19H,17-18H2,1-2H3. The van der Waals surface area contributed by atoms with Crippen molar-refractivity contribution in [2.45, 2.75) is 33.0 Å². The molecule has 0 fully saturated rings. The maximum Gasteiger partial charge on any atom is 0.254 e. The van der Waals surface area contributed by atoms with Gasteiger partial charge < -0.3 is 9.64 Å². The van der Waals surface area contributed by atoms with Crippen LogP contribution in [-0.4, -0.2) is 16.8 Å². The molecule has 0 heterocycles. The van der Waals surface area contributed by atoms with Crippen molar-refractivity contribution in [3.05, 3.63) is 102 Å². The zero-order valence-electron chi connectivity index (χ0n) is 15.8. The zero-order valence-corrected chi connectivity index (χ0v) is 15.8. The van der Waals surface area contributed by atoms with Gasteiger partial charge in [-0.3, -0.25) is 4.79 Å². The molecular weight excluding hydrogens is 334 g/mol. The van der Waals surface area contributed by atoms with E-state index in [1.807, 2.05) is 104 Å². The second kappa shape index (κ2) is 9.04. The van der Waals surface area contributed by atoms with Gasteiger partial charge in [0.2, 0.25) is 0 Å². The van der Waals surface area contributed by atoms with E-state index in [0.29, 0.717) is 18.7 Å². The molecule has 0 N–H and O–H groups in total. The summed E-state index contributed by atoms with van der Waals surface area (Å²) in [5.74, 6) is 0.790. The Hall–Kier alpha value is -3.07. The molecule has 0 radical (unpaired) electrons. The van der Waals surface area contributed by atoms with Gasteiger partial charge in [0.15, 0.2) is 0 Å². The number of ether oxygens (including phenoxy) is 1. The summed E-state index contributed by atoms with van der Waals surface area (Å²) in [6, 6.07) is 27.6. The number of carbonyl (C=O) groups is 1. The van der Waals surface area contributed by atoms with E-state index in [1.165, 1.54) is 0 Å². The first kappa shape index (κ1) is 18.7. The average Bonchev–Trinajstić information content (AvgIpc) is 2.72. The summed E-state index contributed by atoms with van der Waals surface area (Å²) in [4.78, 5) is 14.9. The number of carbonyl (C=O) groups excluding carboxylic acids is 1. The molecule has 0 aliphatic carbocycles. The second-order valence-corrected chi connectivity index (χ2v) is 6.81. The van der Waals surface area contributed by atoms with Crippen molar-refractivity contribution < 1.29 is 9.53 Å². The fraction of sp³-hybridized carbons (Fsp3) is 0.208. The molecule has 0 unspecified atom stereocenters. The van der Waals surface area contributed by atoms with E-state index in [0.717, 1.165) is 16.9 Å². The Balaban J connectivity index is 1.66. The lowest BCUT2D eigenvalue weighted by molar-refractivity contribution is 0.0690. The van der Waals surface area contributed by atoms with Crippen LogP contribution in [0.1, 0.15) is 35.3 Å². The lowest BCUT2D eigenvalue weighted by Crippen LogP contribution is -2.36. The van der Waals surface area contributed by atoms with E-state index in [4.69, 9.17) is 4.74 Å². The minimum Gasteiger partial charge on any atom is -0.489 e. The van der Waals surface area contributed by atoms with Crippen LogP contribution in [0.5, 0.6) is 5.75 Å². The highest BCUT2D eigenvalue weighted by molar-refractivity contribution is 5.94. The van der Waals surface area contributed by atoms with Crippen LogP contribution < -0.4 is 4.74 Å². The predicted molar refractivity (Wildman–Crippen MR) is 109 cm³/mol. The monoisotopic (exact) mass is 359 g/mol. The van der Waals surface area contributed by atoms with Gasteiger partial charge in [0.1, 0.15) is 12.4 Å². The van der Waals surface area contributed by atoms with E-state index < -0.39 is 0 Å². The van der Waals surface area contributed by atoms with Crippen LogP contribution in [0.2, 0.25) is 0 Å². The highest BCUT2D eigenvalue weighted by Crippen LogP contribution is 2.18. The Morgan fingerprint density at radius 3 is 1.93 bits per heavy atom. The van der Waals surface area contributed by atoms with Crippen LogP contribution in [0.4, 0.5) is 0 Å². The molecule has 3 aromatic rings. The van der Waals surface area contributed by atoms with Crippen LogP contribution in [0.3, 0.4) is 0 Å². The average molecular weight is 359 g/mol. The summed E-state index contributed by atoms with van der Waals surface area (Å²) >= 11 is 0. The molecule has 0 atom stereocenters. The molecule has 3 nitrogen and oxygen atoms in total. The van der Waals surface area contributed by atoms with Crippen molar-refractivity contribution in [2.24, 2.45) is 0 Å². The van der Waals surface area contributed by atoms with Gasteiger partial charge in [-0.25, -0.2) is 0 Å². The Morgan fingerprint density at radius 1 is 0.815 bits per heavy atom. The van der Waals surface area contributed by atoms with Crippen LogP contribution in [-0.2, 0) is 13.2 Å². The molecule has 3 aromatic carbocycles. The highest BCUT2D eigenvalue weighted by atomic mass is 16.5. The molecule has 0 aromatic heterocycles. The fourth-order valence-corrected chi connectivity index (χ4v) is 2.87. The van der Waals surface area contributed by atoms with Gasteiger partial charge in [-0.05, 0) is 49.2 Å². The molecule has 1 amide bonds. The van der Waals surface area contributed by atoms with Crippen molar-refractivity contribution in [1.29, 1.82) is 0 Å². The van der Waals surface area contributed by atoms with Crippen molar-refractivity contribution in [3.8, 4) is 5.75 Å². The molecular formula is C24H25NO2. The molecule has 0 saturated carbocycles. The molecule has 0 saturated heterocycles. The summed E-state index contributed by atoms with van der Waals surface area (Å²) in [6.45, 7) is 5.19. The number of benzene rings is 3. The van der Waals surface area contributed by atoms with Crippen LogP contribution in [0, 0.1) is 0 Å². The van der Waals surface area contributed by atoms with Gasteiger partial charge in [-0.15, -0.1) is 0 Å². The molecule has 3 rings (SSSR count). The molecule has 0 aliphatic heterocycles. The number of hydrogen-bond donors (Lipinski definition) is 0. The third-order valence-corrected chi connectivity index (χ3v) is 4.43. The van der Waals surface area contributed by atoms with Gasteiger partial charge in [-0.2, -0.15) is 0 Å². The first-order valence-corrected chi connectivity index (χ1v) is 9.25. The topological polar surface area (TPSA) is 29.5 Å². The molecule has 3 heteroatoms. The van der Waals surface area contributed by atoms with E-state index in [9.17, 15) is 4.79 Å². The lowest BCUT2D eigenvalue weighted by Gasteiger charge is -2.27. The van der Waals surface area contributed by atoms with E-state index in [-0.39, 0.29) is 11.9 Å². The Labute approximate surface area is 161 Å². The zero-order chi connectivity index (χ0) is 19.1. The third-order valence-electron chi connectivity index (χ3n) is 4.43. The number of hydrogen-bond acceptors (Lipinski definition) is 2. The van der Waals surface area contributed by atoms with E-state index in [1.54, 1.807) is 0 Å². The summed E-state index contributed by atoms with van der Waals surface area (Å²) in [5, 5.41) is 0. The van der Waals surface area contributed by atoms with Crippen LogP contribution >= 0.6 is 0 Å². The fourth-order valence-electron chi connectivity index (χ4n) is 2.87. The van der Waals surface area contributed by atoms with Crippen molar-refractivity contribution in [1.82, 2.24) is 4.90 Å². The summed E-state index contributed by atoms with van der Waals surface area (Å²) in [5.41, 5.74) is 2.92. The van der Waals surface area contributed by atoms with Gasteiger partial charge in [0.05, 0.1) is 0 Å². The van der Waals surface area contributed by atoms with Gasteiger partial charge in [0, 0.05) is 18.2 Å². The normalized spacial score (nSPS) is 10.6. The first-order chi connectivity index (χ1) is 13.1. The van der Waals surface area contributed by atoms with Gasteiger partial charge in [0.25, 0.3) is 5.91 Å². The summed E-state index contributed by atoms with van der Waals surface area (Å²) in [6.07, 6.45) is 0. The van der Waals surface area contributed by atoms with E-state index >= 15 is 0 Å². The minimum absolute atomic E-state index is 0.0310. The molecule has 0 spiro atoms. The molecule has 0 bridgehead atoms. The Bertz CT molecular complexity index is 843. The van der Waals surface area contributed by atoms with Crippen molar-refractivity contribution in [3.63, 3.8) is 0 Å². The number of amides is 1. The summed E-state index contributed by atoms with van der Waals surface area (Å²) < 4.78 is 5.81. The lowest BCUT2D eigenvalue weighted by atomic mass is 10.1. The molecule has 0 aliphatic rings. The quantitative estimate of drug-likeness (QED) is 0.572. The van der Waals surface area contributed by atoms with Gasteiger partial charge >= 0.3 is 0 Å². The number of nitrogens with zero attached hydrogens (tertiary/aromatic N) is 1. The first-order valence-electron chi connectivity index (χ1n) is 9.25. The number of rotatable bonds is 7. The SMILES string of the molecule is CC(C)N(Cc1ccccc1)C(=O)c1ccc(OCc2ccccc2)cc1. The Kier molecular flexibility index (Phi) is 6.26.